The normalized spacial score (nSPS) is 10.5. The molecule has 10 heteroatoms. The number of esters is 1. The van der Waals surface area contributed by atoms with Crippen LogP contribution in [0.3, 0.4) is 0 Å². The molecule has 0 aromatic heterocycles. The van der Waals surface area contributed by atoms with E-state index < -0.39 is 23.7 Å². The van der Waals surface area contributed by atoms with Crippen LogP contribution in [0.4, 0.5) is 11.4 Å². The number of methoxy groups -OCH3 is 1. The van der Waals surface area contributed by atoms with E-state index in [9.17, 15) is 19.2 Å². The Kier molecular flexibility index (Phi) is 9.19. The van der Waals surface area contributed by atoms with Crippen LogP contribution in [0.2, 0.25) is 0 Å². The first-order valence-corrected chi connectivity index (χ1v) is 12.4. The molecule has 41 heavy (non-hydrogen) atoms. The van der Waals surface area contributed by atoms with Gasteiger partial charge in [-0.3, -0.25) is 14.4 Å². The van der Waals surface area contributed by atoms with Gasteiger partial charge in [-0.1, -0.05) is 42.5 Å². The Balaban J connectivity index is 1.36. The molecule has 0 bridgehead atoms. The molecular formula is C31H26N4O6. The minimum atomic E-state index is -1.05. The lowest BCUT2D eigenvalue weighted by Crippen LogP contribution is -2.33. The van der Waals surface area contributed by atoms with Crippen LogP contribution in [0, 0.1) is 6.92 Å². The van der Waals surface area contributed by atoms with Crippen LogP contribution < -0.4 is 25.5 Å². The average Bonchev–Trinajstić information content (AvgIpc) is 2.98. The number of carbonyl (C=O) groups excluding carboxylic acids is 4. The van der Waals surface area contributed by atoms with E-state index in [-0.39, 0.29) is 22.7 Å². The summed E-state index contributed by atoms with van der Waals surface area (Å²) in [5.74, 6) is -2.58. The Morgan fingerprint density at radius 3 is 2.27 bits per heavy atom. The number of ether oxygens (including phenoxy) is 2. The van der Waals surface area contributed by atoms with Crippen LogP contribution in [-0.4, -0.2) is 37.0 Å². The van der Waals surface area contributed by atoms with Gasteiger partial charge in [0.2, 0.25) is 0 Å². The summed E-state index contributed by atoms with van der Waals surface area (Å²) in [4.78, 5) is 50.0. The van der Waals surface area contributed by atoms with Crippen molar-refractivity contribution in [2.24, 2.45) is 5.10 Å². The molecule has 0 aliphatic carbocycles. The Morgan fingerprint density at radius 2 is 1.51 bits per heavy atom. The first-order chi connectivity index (χ1) is 19.8. The molecule has 0 radical (unpaired) electrons. The smallest absolute Gasteiger partial charge is 0.343 e. The molecule has 0 saturated heterocycles. The number of para-hydroxylation sites is 1. The number of hydrogen-bond acceptors (Lipinski definition) is 7. The van der Waals surface area contributed by atoms with Crippen LogP contribution in [0.5, 0.6) is 11.5 Å². The van der Waals surface area contributed by atoms with Gasteiger partial charge in [0.25, 0.3) is 5.91 Å². The number of anilines is 2. The second-order valence-electron chi connectivity index (χ2n) is 8.69. The van der Waals surface area contributed by atoms with Crippen LogP contribution in [-0.2, 0) is 9.59 Å². The van der Waals surface area contributed by atoms with Gasteiger partial charge in [0.15, 0.2) is 11.5 Å². The Morgan fingerprint density at radius 1 is 0.756 bits per heavy atom. The van der Waals surface area contributed by atoms with E-state index >= 15 is 0 Å². The Labute approximate surface area is 236 Å². The lowest BCUT2D eigenvalue weighted by molar-refractivity contribution is -0.136. The van der Waals surface area contributed by atoms with E-state index in [0.29, 0.717) is 16.8 Å². The predicted octanol–water partition coefficient (Wildman–Crippen LogP) is 4.56. The summed E-state index contributed by atoms with van der Waals surface area (Å²) < 4.78 is 10.7. The number of nitrogens with zero attached hydrogens (tertiary/aromatic N) is 1. The van der Waals surface area contributed by atoms with Gasteiger partial charge in [-0.15, -0.1) is 0 Å². The number of nitrogens with one attached hydrogen (secondary N) is 3. The van der Waals surface area contributed by atoms with Crippen LogP contribution in [0.1, 0.15) is 31.8 Å². The topological polar surface area (TPSA) is 135 Å². The minimum absolute atomic E-state index is 0.159. The zero-order valence-electron chi connectivity index (χ0n) is 22.2. The first-order valence-electron chi connectivity index (χ1n) is 12.4. The van der Waals surface area contributed by atoms with E-state index in [1.54, 1.807) is 60.7 Å². The van der Waals surface area contributed by atoms with Gasteiger partial charge in [-0.2, -0.15) is 5.10 Å². The molecule has 0 aliphatic rings. The zero-order chi connectivity index (χ0) is 29.2. The van der Waals surface area contributed by atoms with Gasteiger partial charge in [0.05, 0.1) is 30.1 Å². The molecule has 0 fully saturated rings. The first kappa shape index (κ1) is 28.2. The quantitative estimate of drug-likeness (QED) is 0.0968. The molecular weight excluding hydrogens is 524 g/mol. The fraction of sp³-hybridized carbons (Fsp3) is 0.0645. The van der Waals surface area contributed by atoms with Crippen molar-refractivity contribution in [3.63, 3.8) is 0 Å². The summed E-state index contributed by atoms with van der Waals surface area (Å²) >= 11 is 0. The highest BCUT2D eigenvalue weighted by Gasteiger charge is 2.18. The van der Waals surface area contributed by atoms with Crippen molar-refractivity contribution < 1.29 is 28.7 Å². The second kappa shape index (κ2) is 13.3. The fourth-order valence-electron chi connectivity index (χ4n) is 3.69. The molecule has 0 atom stereocenters. The average molecular weight is 551 g/mol. The minimum Gasteiger partial charge on any atom is -0.493 e. The Bertz CT molecular complexity index is 1620. The zero-order valence-corrected chi connectivity index (χ0v) is 22.2. The largest absolute Gasteiger partial charge is 0.493 e. The van der Waals surface area contributed by atoms with Crippen molar-refractivity contribution in [3.8, 4) is 11.5 Å². The van der Waals surface area contributed by atoms with Crippen molar-refractivity contribution in [2.75, 3.05) is 17.7 Å². The van der Waals surface area contributed by atoms with E-state index in [1.165, 1.54) is 31.5 Å². The van der Waals surface area contributed by atoms with E-state index in [0.717, 1.165) is 5.56 Å². The summed E-state index contributed by atoms with van der Waals surface area (Å²) in [7, 11) is 1.42. The number of hydrazone groups is 1. The fourth-order valence-corrected chi connectivity index (χ4v) is 3.69. The highest BCUT2D eigenvalue weighted by Crippen LogP contribution is 2.28. The summed E-state index contributed by atoms with van der Waals surface area (Å²) in [6.07, 6.45) is 1.29. The van der Waals surface area contributed by atoms with Gasteiger partial charge in [-0.25, -0.2) is 10.2 Å². The maximum Gasteiger partial charge on any atom is 0.343 e. The lowest BCUT2D eigenvalue weighted by Gasteiger charge is -2.11. The third-order valence-electron chi connectivity index (χ3n) is 5.68. The van der Waals surface area contributed by atoms with Crippen molar-refractivity contribution in [1.29, 1.82) is 0 Å². The van der Waals surface area contributed by atoms with Crippen LogP contribution in [0.25, 0.3) is 0 Å². The summed E-state index contributed by atoms with van der Waals surface area (Å²) in [6.45, 7) is 1.90. The molecule has 0 unspecified atom stereocenters. The van der Waals surface area contributed by atoms with Crippen LogP contribution >= 0.6 is 0 Å². The Hall–Kier alpha value is -5.77. The molecule has 4 aromatic carbocycles. The number of carbonyl (C=O) groups is 4. The van der Waals surface area contributed by atoms with Crippen molar-refractivity contribution >= 4 is 41.3 Å². The molecule has 0 aliphatic heterocycles. The third kappa shape index (κ3) is 7.64. The van der Waals surface area contributed by atoms with Gasteiger partial charge >= 0.3 is 17.8 Å². The van der Waals surface area contributed by atoms with Crippen molar-refractivity contribution in [3.05, 3.63) is 119 Å². The maximum atomic E-state index is 12.8. The van der Waals surface area contributed by atoms with Gasteiger partial charge in [0.1, 0.15) is 0 Å². The van der Waals surface area contributed by atoms with Crippen molar-refractivity contribution in [1.82, 2.24) is 5.43 Å². The number of aryl methyl sites for hydroxylation is 1. The number of rotatable bonds is 8. The molecule has 4 aromatic rings. The summed E-state index contributed by atoms with van der Waals surface area (Å²) in [5, 5.41) is 9.03. The highest BCUT2D eigenvalue weighted by atomic mass is 16.6. The second-order valence-corrected chi connectivity index (χ2v) is 8.69. The van der Waals surface area contributed by atoms with Crippen LogP contribution in [0.15, 0.2) is 102 Å². The number of amides is 3. The molecule has 3 N–H and O–H groups in total. The van der Waals surface area contributed by atoms with Gasteiger partial charge in [-0.05, 0) is 72.6 Å². The van der Waals surface area contributed by atoms with E-state index in [2.05, 4.69) is 21.2 Å². The third-order valence-corrected chi connectivity index (χ3v) is 5.68. The standard InChI is InChI=1S/C31H26N4O6/c1-20-9-8-12-23(17-20)33-28(36)24-13-6-7-14-25(24)34-29(37)30(38)35-32-19-21-15-16-26(27(18-21)40-2)41-31(39)22-10-4-3-5-11-22/h3-19H,1-2H3,(H,33,36)(H,34,37)(H,35,38)/b32-19-. The van der Waals surface area contributed by atoms with E-state index in [1.807, 2.05) is 25.1 Å². The lowest BCUT2D eigenvalue weighted by atomic mass is 10.1. The molecule has 0 heterocycles. The van der Waals surface area contributed by atoms with Gasteiger partial charge in [0, 0.05) is 5.69 Å². The molecule has 3 amide bonds. The molecule has 10 nitrogen and oxygen atoms in total. The monoisotopic (exact) mass is 550 g/mol. The molecule has 206 valence electrons. The SMILES string of the molecule is COc1cc(/C=N\NC(=O)C(=O)Nc2ccccc2C(=O)Nc2cccc(C)c2)ccc1OC(=O)c1ccccc1. The number of benzene rings is 4. The van der Waals surface area contributed by atoms with Crippen molar-refractivity contribution in [2.45, 2.75) is 6.92 Å². The molecule has 4 rings (SSSR count). The molecule has 0 saturated carbocycles. The van der Waals surface area contributed by atoms with E-state index in [4.69, 9.17) is 9.47 Å². The maximum absolute atomic E-state index is 12.8. The van der Waals surface area contributed by atoms with Gasteiger partial charge < -0.3 is 20.1 Å². The summed E-state index contributed by atoms with van der Waals surface area (Å²) in [6, 6.07) is 26.8. The molecule has 0 spiro atoms. The number of hydrogen-bond donors (Lipinski definition) is 3. The summed E-state index contributed by atoms with van der Waals surface area (Å²) in [5.41, 5.74) is 4.94. The highest BCUT2D eigenvalue weighted by molar-refractivity contribution is 6.40. The predicted molar refractivity (Wildman–Crippen MR) is 154 cm³/mol.